The van der Waals surface area contributed by atoms with Crippen molar-refractivity contribution < 1.29 is 23.9 Å². The summed E-state index contributed by atoms with van der Waals surface area (Å²) in [6.07, 6.45) is 0.327. The Hall–Kier alpha value is -3.35. The third-order valence-electron chi connectivity index (χ3n) is 4.08. The molecule has 1 fully saturated rings. The lowest BCUT2D eigenvalue weighted by Crippen LogP contribution is -2.29. The van der Waals surface area contributed by atoms with E-state index in [1.165, 1.54) is 26.4 Å². The molecule has 134 valence electrons. The maximum absolute atomic E-state index is 12.4. The van der Waals surface area contributed by atoms with Gasteiger partial charge in [-0.25, -0.2) is 4.90 Å². The molecule has 3 amide bonds. The third kappa shape index (κ3) is 3.23. The molecule has 0 aliphatic carbocycles. The molecule has 0 saturated carbocycles. The van der Waals surface area contributed by atoms with Gasteiger partial charge in [-0.2, -0.15) is 0 Å². The standard InChI is InChI=1S/C19H18N2O5/c1-25-15-11-14(21-17(22)8-9-18(21)23)16(26-2)10-13(15)20-19(24)12-6-4-3-5-7-12/h3-7,10-11H,8-9H2,1-2H3,(H,20,24). The van der Waals surface area contributed by atoms with E-state index in [2.05, 4.69) is 5.32 Å². The second-order valence-corrected chi connectivity index (χ2v) is 5.67. The van der Waals surface area contributed by atoms with E-state index < -0.39 is 0 Å². The number of benzene rings is 2. The summed E-state index contributed by atoms with van der Waals surface area (Å²) in [6, 6.07) is 11.8. The predicted molar refractivity (Wildman–Crippen MR) is 95.7 cm³/mol. The lowest BCUT2D eigenvalue weighted by molar-refractivity contribution is -0.121. The number of rotatable bonds is 5. The minimum absolute atomic E-state index is 0.163. The maximum Gasteiger partial charge on any atom is 0.255 e. The fourth-order valence-corrected chi connectivity index (χ4v) is 2.78. The highest BCUT2D eigenvalue weighted by atomic mass is 16.5. The van der Waals surface area contributed by atoms with Crippen molar-refractivity contribution in [3.8, 4) is 11.5 Å². The fourth-order valence-electron chi connectivity index (χ4n) is 2.78. The summed E-state index contributed by atoms with van der Waals surface area (Å²) >= 11 is 0. The summed E-state index contributed by atoms with van der Waals surface area (Å²) in [5.74, 6) is -0.296. The van der Waals surface area contributed by atoms with Gasteiger partial charge in [-0.3, -0.25) is 14.4 Å². The largest absolute Gasteiger partial charge is 0.494 e. The number of amides is 3. The van der Waals surface area contributed by atoms with Crippen molar-refractivity contribution in [2.45, 2.75) is 12.8 Å². The molecular formula is C19H18N2O5. The Bertz CT molecular complexity index is 848. The molecule has 1 heterocycles. The molecular weight excluding hydrogens is 336 g/mol. The van der Waals surface area contributed by atoms with Crippen LogP contribution >= 0.6 is 0 Å². The number of ether oxygens (including phenoxy) is 2. The van der Waals surface area contributed by atoms with Gasteiger partial charge in [0.15, 0.2) is 0 Å². The number of carbonyl (C=O) groups is 3. The fraction of sp³-hybridized carbons (Fsp3) is 0.211. The Morgan fingerprint density at radius 2 is 1.58 bits per heavy atom. The van der Waals surface area contributed by atoms with Crippen molar-refractivity contribution in [3.63, 3.8) is 0 Å². The zero-order valence-corrected chi connectivity index (χ0v) is 14.4. The highest BCUT2D eigenvalue weighted by Gasteiger charge is 2.33. The number of nitrogens with zero attached hydrogens (tertiary/aromatic N) is 1. The second kappa shape index (κ2) is 7.26. The zero-order chi connectivity index (χ0) is 18.7. The van der Waals surface area contributed by atoms with Gasteiger partial charge < -0.3 is 14.8 Å². The number of imide groups is 1. The number of carbonyl (C=O) groups excluding carboxylic acids is 3. The van der Waals surface area contributed by atoms with Crippen molar-refractivity contribution in [2.75, 3.05) is 24.4 Å². The normalized spacial score (nSPS) is 13.7. The lowest BCUT2D eigenvalue weighted by atomic mass is 10.2. The van der Waals surface area contributed by atoms with Crippen LogP contribution < -0.4 is 19.7 Å². The molecule has 0 aromatic heterocycles. The van der Waals surface area contributed by atoms with Gasteiger partial charge in [-0.1, -0.05) is 18.2 Å². The van der Waals surface area contributed by atoms with Crippen LogP contribution in [0.15, 0.2) is 42.5 Å². The van der Waals surface area contributed by atoms with Crippen molar-refractivity contribution >= 4 is 29.1 Å². The number of nitrogens with one attached hydrogen (secondary N) is 1. The van der Waals surface area contributed by atoms with Crippen LogP contribution in [0.5, 0.6) is 11.5 Å². The number of hydrogen-bond acceptors (Lipinski definition) is 5. The molecule has 2 aromatic rings. The van der Waals surface area contributed by atoms with Crippen molar-refractivity contribution in [2.24, 2.45) is 0 Å². The van der Waals surface area contributed by atoms with Crippen molar-refractivity contribution in [1.29, 1.82) is 0 Å². The molecule has 26 heavy (non-hydrogen) atoms. The first-order valence-corrected chi connectivity index (χ1v) is 8.03. The monoisotopic (exact) mass is 354 g/mol. The van der Waals surface area contributed by atoms with Gasteiger partial charge in [0.2, 0.25) is 11.8 Å². The van der Waals surface area contributed by atoms with Gasteiger partial charge in [0, 0.05) is 30.5 Å². The highest BCUT2D eigenvalue weighted by molar-refractivity contribution is 6.20. The second-order valence-electron chi connectivity index (χ2n) is 5.67. The van der Waals surface area contributed by atoms with Crippen LogP contribution in [-0.4, -0.2) is 31.9 Å². The molecule has 1 aliphatic rings. The van der Waals surface area contributed by atoms with Crippen molar-refractivity contribution in [1.82, 2.24) is 0 Å². The summed E-state index contributed by atoms with van der Waals surface area (Å²) in [5.41, 5.74) is 1.16. The molecule has 0 radical (unpaired) electrons. The first-order valence-electron chi connectivity index (χ1n) is 8.03. The minimum atomic E-state index is -0.313. The van der Waals surface area contributed by atoms with Gasteiger partial charge in [0.25, 0.3) is 5.91 Å². The van der Waals surface area contributed by atoms with E-state index in [9.17, 15) is 14.4 Å². The van der Waals surface area contributed by atoms with Crippen LogP contribution in [0.4, 0.5) is 11.4 Å². The third-order valence-corrected chi connectivity index (χ3v) is 4.08. The molecule has 0 unspecified atom stereocenters. The molecule has 7 heteroatoms. The molecule has 2 aromatic carbocycles. The number of hydrogen-bond donors (Lipinski definition) is 1. The molecule has 3 rings (SSSR count). The first kappa shape index (κ1) is 17.5. The van der Waals surface area contributed by atoms with E-state index in [0.717, 1.165) is 4.90 Å². The first-order chi connectivity index (χ1) is 12.5. The zero-order valence-electron chi connectivity index (χ0n) is 14.4. The number of anilines is 2. The van der Waals surface area contributed by atoms with Crippen LogP contribution in [0.1, 0.15) is 23.2 Å². The molecule has 0 atom stereocenters. The average Bonchev–Trinajstić information content (AvgIpc) is 3.00. The SMILES string of the molecule is COc1cc(N2C(=O)CCC2=O)c(OC)cc1NC(=O)c1ccccc1. The quantitative estimate of drug-likeness (QED) is 0.835. The Kier molecular flexibility index (Phi) is 4.88. The Labute approximate surface area is 150 Å². The summed E-state index contributed by atoms with van der Waals surface area (Å²) in [6.45, 7) is 0. The van der Waals surface area contributed by atoms with Gasteiger partial charge >= 0.3 is 0 Å². The summed E-state index contributed by atoms with van der Waals surface area (Å²) < 4.78 is 10.7. The lowest BCUT2D eigenvalue weighted by Gasteiger charge is -2.20. The topological polar surface area (TPSA) is 84.9 Å². The molecule has 1 aliphatic heterocycles. The van der Waals surface area contributed by atoms with E-state index in [0.29, 0.717) is 22.7 Å². The van der Waals surface area contributed by atoms with E-state index in [1.807, 2.05) is 6.07 Å². The molecule has 1 saturated heterocycles. The maximum atomic E-state index is 12.4. The van der Waals surface area contributed by atoms with Gasteiger partial charge in [0.05, 0.1) is 25.6 Å². The number of methoxy groups -OCH3 is 2. The molecule has 0 spiro atoms. The molecule has 1 N–H and O–H groups in total. The van der Waals surface area contributed by atoms with Crippen LogP contribution in [0.25, 0.3) is 0 Å². The van der Waals surface area contributed by atoms with Gasteiger partial charge in [0.1, 0.15) is 11.5 Å². The van der Waals surface area contributed by atoms with Crippen LogP contribution in [0.3, 0.4) is 0 Å². The summed E-state index contributed by atoms with van der Waals surface area (Å²) in [4.78, 5) is 37.6. The van der Waals surface area contributed by atoms with Gasteiger partial charge in [-0.15, -0.1) is 0 Å². The Morgan fingerprint density at radius 1 is 0.962 bits per heavy atom. The van der Waals surface area contributed by atoms with E-state index in [-0.39, 0.29) is 36.3 Å². The van der Waals surface area contributed by atoms with E-state index in [1.54, 1.807) is 24.3 Å². The highest BCUT2D eigenvalue weighted by Crippen LogP contribution is 2.40. The summed E-state index contributed by atoms with van der Waals surface area (Å²) in [7, 11) is 2.87. The van der Waals surface area contributed by atoms with E-state index in [4.69, 9.17) is 9.47 Å². The van der Waals surface area contributed by atoms with Crippen molar-refractivity contribution in [3.05, 3.63) is 48.0 Å². The Balaban J connectivity index is 1.98. The predicted octanol–water partition coefficient (Wildman–Crippen LogP) is 2.61. The van der Waals surface area contributed by atoms with Gasteiger partial charge in [-0.05, 0) is 12.1 Å². The van der Waals surface area contributed by atoms with E-state index >= 15 is 0 Å². The Morgan fingerprint density at radius 3 is 2.15 bits per heavy atom. The van der Waals surface area contributed by atoms with Crippen LogP contribution in [0.2, 0.25) is 0 Å². The smallest absolute Gasteiger partial charge is 0.255 e. The van der Waals surface area contributed by atoms with Crippen LogP contribution in [0, 0.1) is 0 Å². The summed E-state index contributed by atoms with van der Waals surface area (Å²) in [5, 5.41) is 2.76. The average molecular weight is 354 g/mol. The molecule has 7 nitrogen and oxygen atoms in total. The van der Waals surface area contributed by atoms with Crippen LogP contribution in [-0.2, 0) is 9.59 Å². The molecule has 0 bridgehead atoms. The minimum Gasteiger partial charge on any atom is -0.494 e.